The zero-order chi connectivity index (χ0) is 47.7. The van der Waals surface area contributed by atoms with Crippen molar-refractivity contribution in [3.05, 3.63) is 89.7 Å². The lowest BCUT2D eigenvalue weighted by Crippen LogP contribution is -2.35. The molecule has 0 saturated carbocycles. The number of nitrogens with zero attached hydrogens (tertiary/aromatic N) is 7. The number of halogens is 3. The summed E-state index contributed by atoms with van der Waals surface area (Å²) >= 11 is -5.74. The molecule has 0 unspecified atom stereocenters. The maximum Gasteiger partial charge on any atom is 0.265 e. The summed E-state index contributed by atoms with van der Waals surface area (Å²) in [4.78, 5) is 8.17. The number of hydrogen-bond acceptors (Lipinski definition) is 11. The lowest BCUT2D eigenvalue weighted by molar-refractivity contribution is 0.0548. The molecule has 17 heteroatoms. The Morgan fingerprint density at radius 1 is 0.578 bits per heavy atom. The molecule has 0 aromatic carbocycles. The molecule has 0 amide bonds. The van der Waals surface area contributed by atoms with Gasteiger partial charge in [0.25, 0.3) is 11.4 Å². The zero-order valence-electron chi connectivity index (χ0n) is 38.6. The van der Waals surface area contributed by atoms with E-state index >= 15 is 0 Å². The minimum atomic E-state index is -5.74. The maximum atomic E-state index is 14.4. The van der Waals surface area contributed by atoms with Gasteiger partial charge >= 0.3 is 0 Å². The molecule has 64 heavy (non-hydrogen) atoms. The van der Waals surface area contributed by atoms with Gasteiger partial charge in [0, 0.05) is 61.9 Å². The minimum Gasteiger partial charge on any atom is -0.386 e. The number of hydrogen-bond donors (Lipinski definition) is 3. The van der Waals surface area contributed by atoms with E-state index in [0.29, 0.717) is 78.6 Å². The largest absolute Gasteiger partial charge is 0.386 e. The van der Waals surface area contributed by atoms with Crippen LogP contribution in [0.5, 0.6) is 0 Å². The van der Waals surface area contributed by atoms with Crippen LogP contribution in [-0.4, -0.2) is 83.8 Å². The van der Waals surface area contributed by atoms with Crippen LogP contribution in [-0.2, 0) is 14.2 Å². The third-order valence-electron chi connectivity index (χ3n) is 11.5. The second-order valence-electron chi connectivity index (χ2n) is 18.6. The fourth-order valence-electron chi connectivity index (χ4n) is 8.36. The van der Waals surface area contributed by atoms with E-state index in [1.54, 1.807) is 12.1 Å². The Morgan fingerprint density at radius 3 is 1.25 bits per heavy atom. The van der Waals surface area contributed by atoms with E-state index in [2.05, 4.69) is 58.2 Å². The van der Waals surface area contributed by atoms with Crippen molar-refractivity contribution < 1.29 is 25.9 Å². The Labute approximate surface area is 380 Å². The number of ether oxygens (including phenoxy) is 3. The van der Waals surface area contributed by atoms with Crippen molar-refractivity contribution in [2.45, 2.75) is 93.9 Å². The zero-order valence-corrected chi connectivity index (χ0v) is 39.4. The van der Waals surface area contributed by atoms with Gasteiger partial charge in [0.05, 0.1) is 64.9 Å². The number of allylic oxidation sites excluding steroid dienone is 11. The molecular weight excluding hydrogens is 842 g/mol. The van der Waals surface area contributed by atoms with Gasteiger partial charge in [-0.1, -0.05) is 41.5 Å². The first-order valence-corrected chi connectivity index (χ1v) is 22.8. The van der Waals surface area contributed by atoms with E-state index in [4.69, 9.17) is 27.4 Å². The van der Waals surface area contributed by atoms with Gasteiger partial charge in [-0.2, -0.15) is 10.5 Å². The van der Waals surface area contributed by atoms with Gasteiger partial charge in [-0.05, 0) is 90.9 Å². The summed E-state index contributed by atoms with van der Waals surface area (Å²) in [5.41, 5.74) is 4.11. The molecule has 0 fully saturated rings. The predicted octanol–water partition coefficient (Wildman–Crippen LogP) is 9.52. The Balaban J connectivity index is 1.60. The maximum absolute atomic E-state index is 14.4. The molecule has 0 aliphatic heterocycles. The van der Waals surface area contributed by atoms with Crippen molar-refractivity contribution in [1.82, 2.24) is 20.9 Å². The summed E-state index contributed by atoms with van der Waals surface area (Å²) in [5.74, 6) is 0. The number of nitrogens with one attached hydrogen (secondary N) is 3. The van der Waals surface area contributed by atoms with Crippen LogP contribution in [0.25, 0.3) is 9.69 Å². The highest BCUT2D eigenvalue weighted by molar-refractivity contribution is 8.24. The van der Waals surface area contributed by atoms with E-state index in [1.165, 1.54) is 0 Å². The van der Waals surface area contributed by atoms with Crippen LogP contribution in [0.15, 0.2) is 66.8 Å². The van der Waals surface area contributed by atoms with Gasteiger partial charge < -0.3 is 30.2 Å². The van der Waals surface area contributed by atoms with Crippen LogP contribution >= 0.6 is 11.2 Å². The van der Waals surface area contributed by atoms with Gasteiger partial charge in [-0.3, -0.25) is 4.90 Å². The standard InChI is InChI=1S/C47H63F3N10O3S/c1-33-36(42(31-53)55-9)23-45(3,4)26-39(33)57-11-17-61-20-14-60(15-21-62-18-12-58-40-27-46(5,6)24-37(34(40)2)43(32-54)56-10)16-22-63-19-13-59-41-28-47(7,8)25-38(35(29-51)30-52)44(41)64(48,49)50/h57-59H,11-28H2,1-8H3/b42-36-,43-37-. The van der Waals surface area contributed by atoms with Crippen LogP contribution in [0.1, 0.15) is 93.9 Å². The molecular formula is C47H63F3N10O3S. The van der Waals surface area contributed by atoms with Crippen molar-refractivity contribution in [1.29, 1.82) is 21.0 Å². The number of nitriles is 4. The molecule has 0 spiro atoms. The fraction of sp³-hybridized carbons (Fsp3) is 0.617. The van der Waals surface area contributed by atoms with Gasteiger partial charge in [0.15, 0.2) is 0 Å². The summed E-state index contributed by atoms with van der Waals surface area (Å²) in [7, 11) is 0. The number of rotatable bonds is 22. The highest BCUT2D eigenvalue weighted by atomic mass is 32.3. The summed E-state index contributed by atoms with van der Waals surface area (Å²) in [6.07, 6.45) is 3.00. The SMILES string of the molecule is [C-]#[N+]/C(C#N)=C1/CC(C)(C)CC(NCCOCCN(CCOCCNC2=C(C)/C(=C(/C#N)[N+]#[C-])CC(C)(C)C2)CCOCCNC2=C(S(F)(F)F)C(=C(C#N)C#N)CC(C)(C)C2)=C1C. The second kappa shape index (κ2) is 24.2. The lowest BCUT2D eigenvalue weighted by atomic mass is 9.73. The summed E-state index contributed by atoms with van der Waals surface area (Å²) in [6, 6.07) is 7.39. The molecule has 0 radical (unpaired) electrons. The topological polar surface area (TPSA) is 171 Å². The van der Waals surface area contributed by atoms with Crippen molar-refractivity contribution >= 4 is 11.2 Å². The summed E-state index contributed by atoms with van der Waals surface area (Å²) in [5, 5.41) is 47.8. The van der Waals surface area contributed by atoms with Crippen molar-refractivity contribution in [2.75, 3.05) is 78.9 Å². The fourth-order valence-corrected chi connectivity index (χ4v) is 9.24. The predicted molar refractivity (Wildman–Crippen MR) is 242 cm³/mol. The van der Waals surface area contributed by atoms with E-state index in [-0.39, 0.29) is 59.5 Å². The average molecular weight is 905 g/mol. The third kappa shape index (κ3) is 15.8. The second-order valence-corrected chi connectivity index (χ2v) is 19.8. The highest BCUT2D eigenvalue weighted by Crippen LogP contribution is 2.66. The molecule has 0 aromatic heterocycles. The van der Waals surface area contributed by atoms with Crippen molar-refractivity contribution in [3.63, 3.8) is 0 Å². The molecule has 3 aliphatic carbocycles. The van der Waals surface area contributed by atoms with Gasteiger partial charge in [-0.25, -0.2) is 20.2 Å². The van der Waals surface area contributed by atoms with E-state index in [1.807, 2.05) is 39.8 Å². The average Bonchev–Trinajstić information content (AvgIpc) is 3.21. The van der Waals surface area contributed by atoms with Crippen molar-refractivity contribution in [3.8, 4) is 24.3 Å². The first-order valence-electron chi connectivity index (χ1n) is 21.4. The van der Waals surface area contributed by atoms with Crippen LogP contribution in [0.2, 0.25) is 0 Å². The molecule has 3 rings (SSSR count). The van der Waals surface area contributed by atoms with E-state index in [0.717, 1.165) is 46.5 Å². The third-order valence-corrected chi connectivity index (χ3v) is 12.4. The first kappa shape index (κ1) is 53.1. The highest BCUT2D eigenvalue weighted by Gasteiger charge is 2.42. The van der Waals surface area contributed by atoms with Gasteiger partial charge in [0.2, 0.25) is 11.2 Å². The normalized spacial score (nSPS) is 19.9. The minimum absolute atomic E-state index is 0.0167. The van der Waals surface area contributed by atoms with E-state index in [9.17, 15) is 32.7 Å². The lowest BCUT2D eigenvalue weighted by Gasteiger charge is -2.36. The van der Waals surface area contributed by atoms with Crippen LogP contribution in [0.4, 0.5) is 11.7 Å². The van der Waals surface area contributed by atoms with Crippen LogP contribution in [0.3, 0.4) is 0 Å². The Kier molecular flexibility index (Phi) is 20.0. The smallest absolute Gasteiger partial charge is 0.265 e. The summed E-state index contributed by atoms with van der Waals surface area (Å²) < 4.78 is 61.1. The molecule has 0 aromatic rings. The molecule has 0 atom stereocenters. The molecule has 3 aliphatic rings. The monoisotopic (exact) mass is 904 g/mol. The van der Waals surface area contributed by atoms with Gasteiger partial charge in [0.1, 0.15) is 22.6 Å². The Bertz CT molecular complexity index is 2030. The first-order chi connectivity index (χ1) is 30.2. The van der Waals surface area contributed by atoms with E-state index < -0.39 is 27.1 Å². The summed E-state index contributed by atoms with van der Waals surface area (Å²) in [6.45, 7) is 35.8. The van der Waals surface area contributed by atoms with Crippen molar-refractivity contribution in [2.24, 2.45) is 16.2 Å². The van der Waals surface area contributed by atoms with Gasteiger partial charge in [-0.15, -0.1) is 11.7 Å². The molecule has 0 bridgehead atoms. The molecule has 0 saturated heterocycles. The van der Waals surface area contributed by atoms with Crippen LogP contribution in [0, 0.1) is 74.7 Å². The molecule has 346 valence electrons. The molecule has 3 N–H and O–H groups in total. The quantitative estimate of drug-likeness (QED) is 0.0537. The Morgan fingerprint density at radius 2 is 0.922 bits per heavy atom. The molecule has 0 heterocycles. The van der Waals surface area contributed by atoms with Crippen LogP contribution < -0.4 is 16.0 Å². The Hall–Kier alpha value is -5.24. The molecule has 13 nitrogen and oxygen atoms in total.